The Kier molecular flexibility index (Phi) is 3.53. The molecule has 0 spiro atoms. The van der Waals surface area contributed by atoms with E-state index in [1.165, 1.54) is 18.2 Å². The average Bonchev–Trinajstić information content (AvgIpc) is 2.23. The molecule has 0 aromatic heterocycles. The Morgan fingerprint density at radius 2 is 2.06 bits per heavy atom. The topological polar surface area (TPSA) is 101 Å². The molecule has 18 heavy (non-hydrogen) atoms. The van der Waals surface area contributed by atoms with Crippen LogP contribution in [0.25, 0.3) is 0 Å². The first kappa shape index (κ1) is 12.8. The van der Waals surface area contributed by atoms with Gasteiger partial charge in [0.25, 0.3) is 0 Å². The molecular formula is C11H15N3O3S. The molecule has 1 saturated carbocycles. The lowest BCUT2D eigenvalue weighted by atomic mass is 9.93. The molecule has 0 aliphatic heterocycles. The minimum atomic E-state index is -3.75. The second kappa shape index (κ2) is 4.95. The first-order chi connectivity index (χ1) is 8.45. The van der Waals surface area contributed by atoms with Crippen LogP contribution in [-0.2, 0) is 10.0 Å². The van der Waals surface area contributed by atoms with Gasteiger partial charge in [0, 0.05) is 11.7 Å². The zero-order valence-corrected chi connectivity index (χ0v) is 10.5. The summed E-state index contributed by atoms with van der Waals surface area (Å²) in [5, 5.41) is 10.4. The van der Waals surface area contributed by atoms with E-state index in [0.29, 0.717) is 5.69 Å². The van der Waals surface area contributed by atoms with Crippen LogP contribution in [0.5, 0.6) is 0 Å². The first-order valence-electron chi connectivity index (χ1n) is 5.65. The van der Waals surface area contributed by atoms with Crippen molar-refractivity contribution < 1.29 is 13.2 Å². The number of carbonyl (C=O) groups is 1. The molecule has 0 bridgehead atoms. The first-order valence-corrected chi connectivity index (χ1v) is 7.20. The predicted molar refractivity (Wildman–Crippen MR) is 67.6 cm³/mol. The van der Waals surface area contributed by atoms with Crippen LogP contribution >= 0.6 is 0 Å². The number of benzene rings is 1. The number of hydrogen-bond acceptors (Lipinski definition) is 3. The second-order valence-electron chi connectivity index (χ2n) is 4.30. The molecule has 0 atom stereocenters. The van der Waals surface area contributed by atoms with Crippen molar-refractivity contribution >= 4 is 21.7 Å². The molecule has 1 aliphatic rings. The molecule has 0 heterocycles. The number of nitrogens with one attached hydrogen (secondary N) is 2. The number of nitrogens with two attached hydrogens (primary N) is 1. The lowest BCUT2D eigenvalue weighted by Gasteiger charge is -2.26. The highest BCUT2D eigenvalue weighted by Crippen LogP contribution is 2.18. The van der Waals surface area contributed by atoms with Gasteiger partial charge < -0.3 is 10.6 Å². The number of urea groups is 1. The van der Waals surface area contributed by atoms with Crippen LogP contribution < -0.4 is 15.8 Å². The van der Waals surface area contributed by atoms with Gasteiger partial charge in [-0.2, -0.15) is 0 Å². The van der Waals surface area contributed by atoms with Crippen LogP contribution in [0, 0.1) is 0 Å². The lowest BCUT2D eigenvalue weighted by molar-refractivity contribution is 0.240. The normalized spacial score (nSPS) is 15.8. The SMILES string of the molecule is NS(=O)(=O)c1cccc(NC(=O)NC2CCC2)c1. The summed E-state index contributed by atoms with van der Waals surface area (Å²) in [6.07, 6.45) is 3.11. The minimum absolute atomic E-state index is 0.0241. The highest BCUT2D eigenvalue weighted by Gasteiger charge is 2.19. The number of anilines is 1. The van der Waals surface area contributed by atoms with Crippen molar-refractivity contribution in [2.45, 2.75) is 30.2 Å². The van der Waals surface area contributed by atoms with Crippen molar-refractivity contribution in [3.63, 3.8) is 0 Å². The molecule has 7 heteroatoms. The maximum absolute atomic E-state index is 11.6. The summed E-state index contributed by atoms with van der Waals surface area (Å²) in [5.41, 5.74) is 0.401. The van der Waals surface area contributed by atoms with Crippen molar-refractivity contribution in [1.82, 2.24) is 5.32 Å². The molecule has 6 nitrogen and oxygen atoms in total. The Balaban J connectivity index is 2.02. The van der Waals surface area contributed by atoms with Crippen molar-refractivity contribution in [2.24, 2.45) is 5.14 Å². The van der Waals surface area contributed by atoms with E-state index >= 15 is 0 Å². The average molecular weight is 269 g/mol. The number of carbonyl (C=O) groups excluding carboxylic acids is 1. The van der Waals surface area contributed by atoms with Gasteiger partial charge in [-0.15, -0.1) is 0 Å². The molecule has 1 aromatic rings. The van der Waals surface area contributed by atoms with Crippen LogP contribution in [0.2, 0.25) is 0 Å². The molecular weight excluding hydrogens is 254 g/mol. The van der Waals surface area contributed by atoms with E-state index in [4.69, 9.17) is 5.14 Å². The summed E-state index contributed by atoms with van der Waals surface area (Å²) < 4.78 is 22.3. The van der Waals surface area contributed by atoms with Gasteiger partial charge in [0.15, 0.2) is 0 Å². The monoisotopic (exact) mass is 269 g/mol. The molecule has 2 rings (SSSR count). The van der Waals surface area contributed by atoms with Crippen molar-refractivity contribution in [1.29, 1.82) is 0 Å². The van der Waals surface area contributed by atoms with Crippen LogP contribution in [0.1, 0.15) is 19.3 Å². The van der Waals surface area contributed by atoms with Gasteiger partial charge in [-0.3, -0.25) is 0 Å². The zero-order chi connectivity index (χ0) is 13.2. The highest BCUT2D eigenvalue weighted by atomic mass is 32.2. The van der Waals surface area contributed by atoms with E-state index in [1.54, 1.807) is 6.07 Å². The summed E-state index contributed by atoms with van der Waals surface area (Å²) >= 11 is 0. The fourth-order valence-corrected chi connectivity index (χ4v) is 2.22. The van der Waals surface area contributed by atoms with Crippen LogP contribution in [0.15, 0.2) is 29.2 Å². The van der Waals surface area contributed by atoms with Gasteiger partial charge in [-0.05, 0) is 37.5 Å². The second-order valence-corrected chi connectivity index (χ2v) is 5.86. The van der Waals surface area contributed by atoms with Crippen LogP contribution in [-0.4, -0.2) is 20.5 Å². The summed E-state index contributed by atoms with van der Waals surface area (Å²) in [6, 6.07) is 5.74. The van der Waals surface area contributed by atoms with E-state index in [2.05, 4.69) is 10.6 Å². The maximum Gasteiger partial charge on any atom is 0.319 e. The van der Waals surface area contributed by atoms with Crippen molar-refractivity contribution in [3.8, 4) is 0 Å². The predicted octanol–water partition coefficient (Wildman–Crippen LogP) is 1.01. The van der Waals surface area contributed by atoms with Crippen LogP contribution in [0.3, 0.4) is 0 Å². The summed E-state index contributed by atoms with van der Waals surface area (Å²) in [4.78, 5) is 11.5. The number of sulfonamides is 1. The van der Waals surface area contributed by atoms with Gasteiger partial charge in [0.1, 0.15) is 0 Å². The summed E-state index contributed by atoms with van der Waals surface area (Å²) in [5.74, 6) is 0. The fraction of sp³-hybridized carbons (Fsp3) is 0.364. The minimum Gasteiger partial charge on any atom is -0.335 e. The molecule has 1 fully saturated rings. The van der Waals surface area contributed by atoms with E-state index < -0.39 is 10.0 Å². The number of primary sulfonamides is 1. The highest BCUT2D eigenvalue weighted by molar-refractivity contribution is 7.89. The Hall–Kier alpha value is -1.60. The Bertz CT molecular complexity index is 552. The Morgan fingerprint density at radius 3 is 2.61 bits per heavy atom. The third kappa shape index (κ3) is 3.21. The number of amides is 2. The number of rotatable bonds is 3. The van der Waals surface area contributed by atoms with E-state index in [1.807, 2.05) is 0 Å². The smallest absolute Gasteiger partial charge is 0.319 e. The third-order valence-electron chi connectivity index (χ3n) is 2.86. The molecule has 4 N–H and O–H groups in total. The lowest BCUT2D eigenvalue weighted by Crippen LogP contribution is -2.41. The van der Waals surface area contributed by atoms with E-state index in [9.17, 15) is 13.2 Å². The molecule has 98 valence electrons. The van der Waals surface area contributed by atoms with Gasteiger partial charge in [-0.1, -0.05) is 6.07 Å². The number of hydrogen-bond donors (Lipinski definition) is 3. The van der Waals surface area contributed by atoms with E-state index in [-0.39, 0.29) is 17.0 Å². The van der Waals surface area contributed by atoms with Crippen molar-refractivity contribution in [3.05, 3.63) is 24.3 Å². The van der Waals surface area contributed by atoms with Crippen molar-refractivity contribution in [2.75, 3.05) is 5.32 Å². The molecule has 1 aliphatic carbocycles. The van der Waals surface area contributed by atoms with E-state index in [0.717, 1.165) is 19.3 Å². The fourth-order valence-electron chi connectivity index (χ4n) is 1.66. The van der Waals surface area contributed by atoms with Gasteiger partial charge in [0.2, 0.25) is 10.0 Å². The molecule has 0 unspecified atom stereocenters. The molecule has 2 amide bonds. The third-order valence-corrected chi connectivity index (χ3v) is 3.77. The quantitative estimate of drug-likeness (QED) is 0.763. The Morgan fingerprint density at radius 1 is 1.33 bits per heavy atom. The summed E-state index contributed by atoms with van der Waals surface area (Å²) in [7, 11) is -3.75. The van der Waals surface area contributed by atoms with Gasteiger partial charge >= 0.3 is 6.03 Å². The standard InChI is InChI=1S/C11H15N3O3S/c12-18(16,17)10-6-2-5-9(7-10)14-11(15)13-8-3-1-4-8/h2,5-8H,1,3-4H2,(H2,12,16,17)(H2,13,14,15). The zero-order valence-electron chi connectivity index (χ0n) is 9.72. The molecule has 1 aromatic carbocycles. The van der Waals surface area contributed by atoms with Crippen LogP contribution in [0.4, 0.5) is 10.5 Å². The molecule has 0 saturated heterocycles. The summed E-state index contributed by atoms with van der Waals surface area (Å²) in [6.45, 7) is 0. The maximum atomic E-state index is 11.6. The largest absolute Gasteiger partial charge is 0.335 e. The Labute approximate surface area is 106 Å². The van der Waals surface area contributed by atoms with Gasteiger partial charge in [-0.25, -0.2) is 18.4 Å². The van der Waals surface area contributed by atoms with Gasteiger partial charge in [0.05, 0.1) is 4.90 Å². The molecule has 0 radical (unpaired) electrons.